The molecule has 1 saturated heterocycles. The molecule has 0 aromatic heterocycles. The van der Waals surface area contributed by atoms with Crippen molar-refractivity contribution in [1.82, 2.24) is 10.2 Å². The average Bonchev–Trinajstić information content (AvgIpc) is 2.42. The van der Waals surface area contributed by atoms with Crippen LogP contribution in [-0.2, 0) is 11.3 Å². The summed E-state index contributed by atoms with van der Waals surface area (Å²) in [6.45, 7) is 5.23. The lowest BCUT2D eigenvalue weighted by Crippen LogP contribution is -2.42. The highest BCUT2D eigenvalue weighted by molar-refractivity contribution is 5.76. The Morgan fingerprint density at radius 1 is 1.32 bits per heavy atom. The SMILES string of the molecule is NCC(C(=O)O)c1ccc(CN2CCNCC2)cc1. The van der Waals surface area contributed by atoms with Gasteiger partial charge in [-0.15, -0.1) is 0 Å². The molecule has 104 valence electrons. The molecule has 1 heterocycles. The predicted octanol–water partition coefficient (Wildman–Crippen LogP) is 0.219. The molecular weight excluding hydrogens is 242 g/mol. The Labute approximate surface area is 113 Å². The fraction of sp³-hybridized carbons (Fsp3) is 0.500. The zero-order chi connectivity index (χ0) is 13.7. The number of hydrogen-bond acceptors (Lipinski definition) is 4. The van der Waals surface area contributed by atoms with Crippen molar-refractivity contribution in [2.75, 3.05) is 32.7 Å². The zero-order valence-electron chi connectivity index (χ0n) is 11.0. The maximum atomic E-state index is 11.0. The van der Waals surface area contributed by atoms with E-state index in [4.69, 9.17) is 10.8 Å². The van der Waals surface area contributed by atoms with Crippen LogP contribution in [0, 0.1) is 0 Å². The summed E-state index contributed by atoms with van der Waals surface area (Å²) in [5, 5.41) is 12.4. The van der Waals surface area contributed by atoms with E-state index in [-0.39, 0.29) is 6.54 Å². The summed E-state index contributed by atoms with van der Waals surface area (Å²) in [4.78, 5) is 13.4. The highest BCUT2D eigenvalue weighted by Crippen LogP contribution is 2.16. The van der Waals surface area contributed by atoms with Gasteiger partial charge in [-0.1, -0.05) is 24.3 Å². The normalized spacial score (nSPS) is 18.2. The summed E-state index contributed by atoms with van der Waals surface area (Å²) in [7, 11) is 0. The van der Waals surface area contributed by atoms with Gasteiger partial charge in [-0.3, -0.25) is 9.69 Å². The summed E-state index contributed by atoms with van der Waals surface area (Å²) in [5.41, 5.74) is 7.49. The van der Waals surface area contributed by atoms with E-state index in [0.29, 0.717) is 0 Å². The van der Waals surface area contributed by atoms with Crippen molar-refractivity contribution < 1.29 is 9.90 Å². The molecule has 0 bridgehead atoms. The second-order valence-electron chi connectivity index (χ2n) is 4.89. The van der Waals surface area contributed by atoms with E-state index < -0.39 is 11.9 Å². The lowest BCUT2D eigenvalue weighted by Gasteiger charge is -2.27. The molecule has 0 amide bonds. The topological polar surface area (TPSA) is 78.6 Å². The number of aliphatic carboxylic acids is 1. The first kappa shape index (κ1) is 14.0. The summed E-state index contributed by atoms with van der Waals surface area (Å²) < 4.78 is 0. The molecule has 0 radical (unpaired) electrons. The molecule has 1 aliphatic heterocycles. The van der Waals surface area contributed by atoms with E-state index in [2.05, 4.69) is 10.2 Å². The van der Waals surface area contributed by atoms with Gasteiger partial charge in [-0.05, 0) is 11.1 Å². The van der Waals surface area contributed by atoms with Crippen LogP contribution >= 0.6 is 0 Å². The molecule has 1 unspecified atom stereocenters. The van der Waals surface area contributed by atoms with Crippen LogP contribution in [-0.4, -0.2) is 48.7 Å². The predicted molar refractivity (Wildman–Crippen MR) is 74.0 cm³/mol. The quantitative estimate of drug-likeness (QED) is 0.708. The van der Waals surface area contributed by atoms with Gasteiger partial charge in [0, 0.05) is 39.3 Å². The fourth-order valence-electron chi connectivity index (χ4n) is 2.36. The molecule has 2 rings (SSSR count). The molecule has 0 spiro atoms. The Hall–Kier alpha value is -1.43. The average molecular weight is 263 g/mol. The minimum atomic E-state index is -0.864. The monoisotopic (exact) mass is 263 g/mol. The molecular formula is C14H21N3O2. The van der Waals surface area contributed by atoms with Crippen molar-refractivity contribution in [2.45, 2.75) is 12.5 Å². The number of nitrogens with zero attached hydrogens (tertiary/aromatic N) is 1. The standard InChI is InChI=1S/C14H21N3O2/c15-9-13(14(18)19)12-3-1-11(2-4-12)10-17-7-5-16-6-8-17/h1-4,13,16H,5-10,15H2,(H,18,19). The highest BCUT2D eigenvalue weighted by atomic mass is 16.4. The van der Waals surface area contributed by atoms with Gasteiger partial charge < -0.3 is 16.2 Å². The Kier molecular flexibility index (Phi) is 4.90. The van der Waals surface area contributed by atoms with Crippen LogP contribution in [0.5, 0.6) is 0 Å². The Morgan fingerprint density at radius 3 is 2.47 bits per heavy atom. The van der Waals surface area contributed by atoms with Gasteiger partial charge in [-0.25, -0.2) is 0 Å². The van der Waals surface area contributed by atoms with Gasteiger partial charge in [0.2, 0.25) is 0 Å². The summed E-state index contributed by atoms with van der Waals surface area (Å²) in [6, 6.07) is 7.76. The Balaban J connectivity index is 1.99. The number of rotatable bonds is 5. The summed E-state index contributed by atoms with van der Waals surface area (Å²) in [5.74, 6) is -1.47. The lowest BCUT2D eigenvalue weighted by atomic mass is 9.98. The molecule has 5 heteroatoms. The molecule has 1 aromatic carbocycles. The van der Waals surface area contributed by atoms with E-state index in [1.807, 2.05) is 24.3 Å². The maximum absolute atomic E-state index is 11.0. The van der Waals surface area contributed by atoms with E-state index >= 15 is 0 Å². The fourth-order valence-corrected chi connectivity index (χ4v) is 2.36. The number of nitrogens with two attached hydrogens (primary N) is 1. The number of piperazine rings is 1. The number of hydrogen-bond donors (Lipinski definition) is 3. The largest absolute Gasteiger partial charge is 0.481 e. The van der Waals surface area contributed by atoms with Crippen LogP contribution in [0.1, 0.15) is 17.0 Å². The van der Waals surface area contributed by atoms with Crippen molar-refractivity contribution in [3.05, 3.63) is 35.4 Å². The Morgan fingerprint density at radius 2 is 1.95 bits per heavy atom. The second-order valence-corrected chi connectivity index (χ2v) is 4.89. The molecule has 1 fully saturated rings. The van der Waals surface area contributed by atoms with Crippen molar-refractivity contribution in [3.8, 4) is 0 Å². The third kappa shape index (κ3) is 3.76. The van der Waals surface area contributed by atoms with Gasteiger partial charge in [0.15, 0.2) is 0 Å². The number of benzene rings is 1. The third-order valence-electron chi connectivity index (χ3n) is 3.53. The number of carbonyl (C=O) groups is 1. The molecule has 5 nitrogen and oxygen atoms in total. The molecule has 0 aliphatic carbocycles. The van der Waals surface area contributed by atoms with Gasteiger partial charge in [0.05, 0.1) is 5.92 Å². The van der Waals surface area contributed by atoms with E-state index in [9.17, 15) is 4.79 Å². The lowest BCUT2D eigenvalue weighted by molar-refractivity contribution is -0.138. The van der Waals surface area contributed by atoms with Crippen molar-refractivity contribution >= 4 is 5.97 Å². The molecule has 0 saturated carbocycles. The molecule has 4 N–H and O–H groups in total. The van der Waals surface area contributed by atoms with Crippen LogP contribution in [0.2, 0.25) is 0 Å². The minimum Gasteiger partial charge on any atom is -0.481 e. The van der Waals surface area contributed by atoms with Gasteiger partial charge in [0.1, 0.15) is 0 Å². The zero-order valence-corrected chi connectivity index (χ0v) is 11.0. The van der Waals surface area contributed by atoms with Crippen molar-refractivity contribution in [3.63, 3.8) is 0 Å². The highest BCUT2D eigenvalue weighted by Gasteiger charge is 2.17. The summed E-state index contributed by atoms with van der Waals surface area (Å²) >= 11 is 0. The number of carboxylic acids is 1. The molecule has 19 heavy (non-hydrogen) atoms. The van der Waals surface area contributed by atoms with Crippen molar-refractivity contribution in [2.24, 2.45) is 5.73 Å². The van der Waals surface area contributed by atoms with Crippen LogP contribution in [0.15, 0.2) is 24.3 Å². The second kappa shape index (κ2) is 6.65. The van der Waals surface area contributed by atoms with E-state index in [1.165, 1.54) is 5.56 Å². The molecule has 1 atom stereocenters. The maximum Gasteiger partial charge on any atom is 0.312 e. The van der Waals surface area contributed by atoms with Crippen LogP contribution in [0.25, 0.3) is 0 Å². The molecule has 1 aliphatic rings. The van der Waals surface area contributed by atoms with E-state index in [0.717, 1.165) is 38.3 Å². The van der Waals surface area contributed by atoms with Gasteiger partial charge in [-0.2, -0.15) is 0 Å². The van der Waals surface area contributed by atoms with Crippen LogP contribution < -0.4 is 11.1 Å². The number of carboxylic acid groups (broad SMARTS) is 1. The first-order valence-corrected chi connectivity index (χ1v) is 6.65. The first-order chi connectivity index (χ1) is 9.20. The summed E-state index contributed by atoms with van der Waals surface area (Å²) in [6.07, 6.45) is 0. The smallest absolute Gasteiger partial charge is 0.312 e. The Bertz CT molecular complexity index is 413. The van der Waals surface area contributed by atoms with Gasteiger partial charge in [0.25, 0.3) is 0 Å². The molecule has 1 aromatic rings. The van der Waals surface area contributed by atoms with Crippen LogP contribution in [0.3, 0.4) is 0 Å². The van der Waals surface area contributed by atoms with Crippen LogP contribution in [0.4, 0.5) is 0 Å². The first-order valence-electron chi connectivity index (χ1n) is 6.65. The third-order valence-corrected chi connectivity index (χ3v) is 3.53. The van der Waals surface area contributed by atoms with E-state index in [1.54, 1.807) is 0 Å². The minimum absolute atomic E-state index is 0.131. The van der Waals surface area contributed by atoms with Crippen molar-refractivity contribution in [1.29, 1.82) is 0 Å². The van der Waals surface area contributed by atoms with Gasteiger partial charge >= 0.3 is 5.97 Å². The number of nitrogens with one attached hydrogen (secondary N) is 1.